The highest BCUT2D eigenvalue weighted by Crippen LogP contribution is 2.50. The quantitative estimate of drug-likeness (QED) is 0.530. The van der Waals surface area contributed by atoms with E-state index >= 15 is 0 Å². The molecule has 1 aliphatic carbocycles. The first-order valence-electron chi connectivity index (χ1n) is 6.21. The number of allylic oxidation sites excluding steroid dienone is 1. The molecule has 2 rings (SSSR count). The Hall–Kier alpha value is -0.630. The number of rotatable bonds is 2. The summed E-state index contributed by atoms with van der Waals surface area (Å²) in [7, 11) is 0. The smallest absolute Gasteiger partial charge is 0.161 e. The lowest BCUT2D eigenvalue weighted by molar-refractivity contribution is -0.118. The number of carbonyl (C=O) groups is 1. The van der Waals surface area contributed by atoms with Crippen LogP contribution < -0.4 is 0 Å². The van der Waals surface area contributed by atoms with Crippen molar-refractivity contribution in [1.82, 2.24) is 0 Å². The van der Waals surface area contributed by atoms with E-state index in [1.54, 1.807) is 6.92 Å². The molecule has 0 radical (unpaired) electrons. The molecule has 1 fully saturated rings. The third-order valence-electron chi connectivity index (χ3n) is 4.52. The van der Waals surface area contributed by atoms with E-state index < -0.39 is 0 Å². The normalized spacial score (nSPS) is 37.4. The Balaban J connectivity index is 2.28. The average Bonchev–Trinajstić information content (AvgIpc) is 2.92. The van der Waals surface area contributed by atoms with Gasteiger partial charge in [-0.15, -0.1) is 0 Å². The minimum atomic E-state index is -0.158. The number of hydrogen-bond donors (Lipinski definition) is 0. The lowest BCUT2D eigenvalue weighted by Crippen LogP contribution is -2.32. The molecule has 3 atom stereocenters. The van der Waals surface area contributed by atoms with Crippen molar-refractivity contribution in [3.8, 4) is 0 Å². The summed E-state index contributed by atoms with van der Waals surface area (Å²) >= 11 is 0. The fraction of sp³-hybridized carbons (Fsp3) is 0.786. The molecule has 2 heteroatoms. The van der Waals surface area contributed by atoms with E-state index in [0.29, 0.717) is 5.92 Å². The molecule has 1 aliphatic heterocycles. The summed E-state index contributed by atoms with van der Waals surface area (Å²) in [6.45, 7) is 10.7. The van der Waals surface area contributed by atoms with Gasteiger partial charge >= 0.3 is 0 Å². The largest absolute Gasteiger partial charge is 0.357 e. The first kappa shape index (κ1) is 11.8. The predicted octanol–water partition coefficient (Wildman–Crippen LogP) is 3.12. The molecule has 0 aromatic heterocycles. The van der Waals surface area contributed by atoms with Crippen molar-refractivity contribution < 1.29 is 9.53 Å². The van der Waals surface area contributed by atoms with Gasteiger partial charge in [-0.25, -0.2) is 0 Å². The van der Waals surface area contributed by atoms with Gasteiger partial charge in [-0.1, -0.05) is 26.3 Å². The Kier molecular flexibility index (Phi) is 2.73. The van der Waals surface area contributed by atoms with Crippen LogP contribution in [0.25, 0.3) is 0 Å². The second-order valence-corrected chi connectivity index (χ2v) is 5.94. The molecule has 90 valence electrons. The first-order chi connectivity index (χ1) is 7.35. The van der Waals surface area contributed by atoms with Gasteiger partial charge < -0.3 is 4.74 Å². The molecule has 2 nitrogen and oxygen atoms in total. The van der Waals surface area contributed by atoms with Crippen LogP contribution in [0.4, 0.5) is 0 Å². The average molecular weight is 222 g/mol. The summed E-state index contributed by atoms with van der Waals surface area (Å²) < 4.78 is 5.56. The molecule has 3 unspecified atom stereocenters. The molecule has 0 amide bonds. The number of carbonyl (C=O) groups excluding carboxylic acids is 1. The molecule has 1 heterocycles. The van der Waals surface area contributed by atoms with Gasteiger partial charge in [-0.3, -0.25) is 4.79 Å². The molecule has 2 aliphatic rings. The van der Waals surface area contributed by atoms with Crippen LogP contribution in [0, 0.1) is 11.3 Å². The Morgan fingerprint density at radius 1 is 1.44 bits per heavy atom. The highest BCUT2D eigenvalue weighted by molar-refractivity contribution is 5.84. The molecular weight excluding hydrogens is 200 g/mol. The number of ketones is 1. The Bertz CT molecular complexity index is 352. The summed E-state index contributed by atoms with van der Waals surface area (Å²) in [6.07, 6.45) is 2.33. The van der Waals surface area contributed by atoms with Crippen molar-refractivity contribution >= 4 is 5.78 Å². The minimum Gasteiger partial charge on any atom is -0.357 e. The summed E-state index contributed by atoms with van der Waals surface area (Å²) in [5.41, 5.74) is 3.01. The van der Waals surface area contributed by atoms with E-state index in [0.717, 1.165) is 6.42 Å². The SMILES string of the molecule is CC(=O)C1OC1C1=C(C)CCC(C)C1(C)C. The van der Waals surface area contributed by atoms with E-state index in [4.69, 9.17) is 4.74 Å². The first-order valence-corrected chi connectivity index (χ1v) is 6.21. The van der Waals surface area contributed by atoms with Crippen LogP contribution in [0.15, 0.2) is 11.1 Å². The third kappa shape index (κ3) is 1.73. The number of epoxide rings is 1. The van der Waals surface area contributed by atoms with Crippen LogP contribution >= 0.6 is 0 Å². The molecule has 0 N–H and O–H groups in total. The van der Waals surface area contributed by atoms with Gasteiger partial charge in [0.2, 0.25) is 0 Å². The van der Waals surface area contributed by atoms with Gasteiger partial charge in [0.25, 0.3) is 0 Å². The summed E-state index contributed by atoms with van der Waals surface area (Å²) in [4.78, 5) is 11.3. The summed E-state index contributed by atoms with van der Waals surface area (Å²) in [5.74, 6) is 0.835. The molecule has 0 aromatic rings. The molecule has 0 aromatic carbocycles. The van der Waals surface area contributed by atoms with Crippen LogP contribution in [0.5, 0.6) is 0 Å². The molecule has 1 saturated heterocycles. The lowest BCUT2D eigenvalue weighted by atomic mass is 9.65. The van der Waals surface area contributed by atoms with E-state index in [1.165, 1.54) is 17.6 Å². The van der Waals surface area contributed by atoms with E-state index in [1.807, 2.05) is 0 Å². The van der Waals surface area contributed by atoms with Gasteiger partial charge in [0.15, 0.2) is 5.78 Å². The van der Waals surface area contributed by atoms with Crippen LogP contribution in [-0.2, 0) is 9.53 Å². The lowest BCUT2D eigenvalue weighted by Gasteiger charge is -2.39. The zero-order valence-electron chi connectivity index (χ0n) is 11.0. The Morgan fingerprint density at radius 3 is 2.56 bits per heavy atom. The zero-order valence-corrected chi connectivity index (χ0v) is 11.0. The van der Waals surface area contributed by atoms with Gasteiger partial charge in [0.05, 0.1) is 0 Å². The van der Waals surface area contributed by atoms with Crippen molar-refractivity contribution in [3.63, 3.8) is 0 Å². The monoisotopic (exact) mass is 222 g/mol. The highest BCUT2D eigenvalue weighted by Gasteiger charge is 2.51. The van der Waals surface area contributed by atoms with Gasteiger partial charge in [0.1, 0.15) is 12.2 Å². The fourth-order valence-corrected chi connectivity index (χ4v) is 2.99. The number of hydrogen-bond acceptors (Lipinski definition) is 2. The van der Waals surface area contributed by atoms with E-state index in [9.17, 15) is 4.79 Å². The Morgan fingerprint density at radius 2 is 2.06 bits per heavy atom. The predicted molar refractivity (Wildman–Crippen MR) is 64.2 cm³/mol. The molecular formula is C14H22O2. The van der Waals surface area contributed by atoms with Crippen molar-refractivity contribution in [2.45, 2.75) is 59.7 Å². The van der Waals surface area contributed by atoms with Crippen LogP contribution in [0.3, 0.4) is 0 Å². The van der Waals surface area contributed by atoms with Crippen molar-refractivity contribution in [3.05, 3.63) is 11.1 Å². The molecule has 16 heavy (non-hydrogen) atoms. The maximum Gasteiger partial charge on any atom is 0.161 e. The summed E-state index contributed by atoms with van der Waals surface area (Å²) in [6, 6.07) is 0. The zero-order chi connectivity index (χ0) is 12.1. The van der Waals surface area contributed by atoms with Gasteiger partial charge in [-0.05, 0) is 43.6 Å². The van der Waals surface area contributed by atoms with E-state index in [2.05, 4.69) is 27.7 Å². The summed E-state index contributed by atoms with van der Waals surface area (Å²) in [5, 5.41) is 0. The molecule has 0 saturated carbocycles. The second-order valence-electron chi connectivity index (χ2n) is 5.94. The van der Waals surface area contributed by atoms with Crippen LogP contribution in [0.1, 0.15) is 47.5 Å². The van der Waals surface area contributed by atoms with Crippen molar-refractivity contribution in [1.29, 1.82) is 0 Å². The van der Waals surface area contributed by atoms with Crippen molar-refractivity contribution in [2.24, 2.45) is 11.3 Å². The third-order valence-corrected chi connectivity index (χ3v) is 4.52. The minimum absolute atomic E-state index is 0.0789. The van der Waals surface area contributed by atoms with Crippen LogP contribution in [-0.4, -0.2) is 18.0 Å². The fourth-order valence-electron chi connectivity index (χ4n) is 2.99. The number of Topliss-reactive ketones (excluding diaryl/α,β-unsaturated/α-hetero) is 1. The van der Waals surface area contributed by atoms with Gasteiger partial charge in [-0.2, -0.15) is 0 Å². The highest BCUT2D eigenvalue weighted by atomic mass is 16.6. The molecule has 0 bridgehead atoms. The van der Waals surface area contributed by atoms with Crippen molar-refractivity contribution in [2.75, 3.05) is 0 Å². The Labute approximate surface area is 98.1 Å². The maximum atomic E-state index is 11.3. The number of ether oxygens (including phenoxy) is 1. The molecule has 0 spiro atoms. The van der Waals surface area contributed by atoms with Crippen LogP contribution in [0.2, 0.25) is 0 Å². The maximum absolute atomic E-state index is 11.3. The topological polar surface area (TPSA) is 29.6 Å². The standard InChI is InChI=1S/C14H22O2/c1-8-6-7-9(2)14(4,5)11(8)13-12(16-13)10(3)15/h9,12-13H,6-7H2,1-5H3. The van der Waals surface area contributed by atoms with Gasteiger partial charge in [0, 0.05) is 0 Å². The second kappa shape index (κ2) is 3.69. The van der Waals surface area contributed by atoms with E-state index in [-0.39, 0.29) is 23.4 Å².